The number of esters is 1. The molecule has 2 aliphatic rings. The van der Waals surface area contributed by atoms with Gasteiger partial charge >= 0.3 is 5.97 Å². The highest BCUT2D eigenvalue weighted by Gasteiger charge is 2.41. The number of fused-ring (bicyclic) bond motifs is 1. The minimum atomic E-state index is -0.314. The summed E-state index contributed by atoms with van der Waals surface area (Å²) in [5.41, 5.74) is 4.41. The monoisotopic (exact) mass is 390 g/mol. The zero-order chi connectivity index (χ0) is 19.5. The van der Waals surface area contributed by atoms with Crippen LogP contribution in [-0.4, -0.2) is 22.6 Å². The Kier molecular flexibility index (Phi) is 5.35. The second-order valence-corrected chi connectivity index (χ2v) is 7.34. The maximum absolute atomic E-state index is 13.1. The highest BCUT2D eigenvalue weighted by atomic mass is 32.2. The Balaban J connectivity index is 1.96. The van der Waals surface area contributed by atoms with Gasteiger partial charge in [-0.25, -0.2) is 9.79 Å². The number of allylic oxidation sites excluding steroid dienone is 1. The molecule has 0 bridgehead atoms. The number of hydrogen-bond acceptors (Lipinski definition) is 5. The van der Waals surface area contributed by atoms with Gasteiger partial charge < -0.3 is 9.64 Å². The highest BCUT2D eigenvalue weighted by molar-refractivity contribution is 8.16. The Labute approximate surface area is 169 Å². The maximum Gasteiger partial charge on any atom is 0.338 e. The number of carbonyl (C=O) groups is 1. The van der Waals surface area contributed by atoms with Crippen LogP contribution < -0.4 is 0 Å². The quantitative estimate of drug-likeness (QED) is 0.644. The van der Waals surface area contributed by atoms with E-state index in [1.54, 1.807) is 11.8 Å². The summed E-state index contributed by atoms with van der Waals surface area (Å²) in [5.74, 6) is -0.314. The minimum absolute atomic E-state index is 0.260. The van der Waals surface area contributed by atoms with Crippen molar-refractivity contribution in [1.29, 1.82) is 0 Å². The third-order valence-electron chi connectivity index (χ3n) is 4.83. The minimum Gasteiger partial charge on any atom is -0.463 e. The first kappa shape index (κ1) is 18.6. The van der Waals surface area contributed by atoms with Gasteiger partial charge in [-0.1, -0.05) is 79.3 Å². The summed E-state index contributed by atoms with van der Waals surface area (Å²) in [6, 6.07) is 19.7. The summed E-state index contributed by atoms with van der Waals surface area (Å²) in [6.07, 6.45) is 0.867. The van der Waals surface area contributed by atoms with Crippen molar-refractivity contribution in [3.05, 3.63) is 88.5 Å². The van der Waals surface area contributed by atoms with E-state index >= 15 is 0 Å². The summed E-state index contributed by atoms with van der Waals surface area (Å²) in [5, 5.41) is 3.03. The van der Waals surface area contributed by atoms with Crippen LogP contribution in [0.1, 0.15) is 37.4 Å². The fourth-order valence-corrected chi connectivity index (χ4v) is 4.57. The molecule has 142 valence electrons. The molecule has 2 aromatic rings. The molecule has 0 saturated carbocycles. The van der Waals surface area contributed by atoms with E-state index in [0.29, 0.717) is 17.9 Å². The van der Waals surface area contributed by atoms with E-state index in [-0.39, 0.29) is 12.0 Å². The SMILES string of the molecule is CCOC(=O)C1=C(c2ccccc2)N=C2SC=C(CC)N2[C@H]1c1ccccc1. The third kappa shape index (κ3) is 3.27. The lowest BCUT2D eigenvalue weighted by molar-refractivity contribution is -0.139. The molecule has 4 rings (SSSR count). The van der Waals surface area contributed by atoms with Crippen molar-refractivity contribution in [1.82, 2.24) is 4.90 Å². The molecule has 0 N–H and O–H groups in total. The third-order valence-corrected chi connectivity index (χ3v) is 5.72. The molecule has 0 radical (unpaired) electrons. The molecule has 0 aromatic heterocycles. The van der Waals surface area contributed by atoms with Crippen molar-refractivity contribution in [3.63, 3.8) is 0 Å². The van der Waals surface area contributed by atoms with Gasteiger partial charge in [0.05, 0.1) is 23.9 Å². The summed E-state index contributed by atoms with van der Waals surface area (Å²) in [6.45, 7) is 4.28. The predicted octanol–water partition coefficient (Wildman–Crippen LogP) is 5.37. The zero-order valence-corrected chi connectivity index (χ0v) is 16.8. The molecule has 0 unspecified atom stereocenters. The van der Waals surface area contributed by atoms with Crippen LogP contribution in [-0.2, 0) is 9.53 Å². The predicted molar refractivity (Wildman–Crippen MR) is 114 cm³/mol. The Morgan fingerprint density at radius 2 is 1.75 bits per heavy atom. The number of aliphatic imine (C=N–C) groups is 1. The number of rotatable bonds is 5. The molecule has 0 fully saturated rings. The van der Waals surface area contributed by atoms with Crippen molar-refractivity contribution in [2.24, 2.45) is 4.99 Å². The molecule has 2 heterocycles. The lowest BCUT2D eigenvalue weighted by atomic mass is 9.91. The molecule has 4 nitrogen and oxygen atoms in total. The van der Waals surface area contributed by atoms with Gasteiger partial charge in [0.15, 0.2) is 5.17 Å². The number of amidine groups is 1. The smallest absolute Gasteiger partial charge is 0.338 e. The first-order valence-electron chi connectivity index (χ1n) is 9.49. The fourth-order valence-electron chi connectivity index (χ4n) is 3.57. The van der Waals surface area contributed by atoms with Crippen molar-refractivity contribution < 1.29 is 9.53 Å². The second-order valence-electron chi connectivity index (χ2n) is 6.51. The summed E-state index contributed by atoms with van der Waals surface area (Å²) in [7, 11) is 0. The first-order valence-corrected chi connectivity index (χ1v) is 10.4. The normalized spacial score (nSPS) is 18.5. The van der Waals surface area contributed by atoms with E-state index in [4.69, 9.17) is 9.73 Å². The van der Waals surface area contributed by atoms with Crippen molar-refractivity contribution in [3.8, 4) is 0 Å². The van der Waals surface area contributed by atoms with Crippen LogP contribution in [0.3, 0.4) is 0 Å². The van der Waals surface area contributed by atoms with Gasteiger partial charge in [-0.2, -0.15) is 0 Å². The van der Waals surface area contributed by atoms with Gasteiger partial charge in [-0.3, -0.25) is 0 Å². The summed E-state index contributed by atoms with van der Waals surface area (Å²) in [4.78, 5) is 20.2. The Hall–Kier alpha value is -2.79. The molecule has 28 heavy (non-hydrogen) atoms. The Morgan fingerprint density at radius 3 is 2.39 bits per heavy atom. The van der Waals surface area contributed by atoms with Gasteiger partial charge in [0.25, 0.3) is 0 Å². The van der Waals surface area contributed by atoms with Crippen LogP contribution in [0, 0.1) is 0 Å². The van der Waals surface area contributed by atoms with Crippen LogP contribution in [0.15, 0.2) is 82.3 Å². The fraction of sp³-hybridized carbons (Fsp3) is 0.217. The van der Waals surface area contributed by atoms with Crippen LogP contribution >= 0.6 is 11.8 Å². The maximum atomic E-state index is 13.1. The largest absolute Gasteiger partial charge is 0.463 e. The highest BCUT2D eigenvalue weighted by Crippen LogP contribution is 2.46. The van der Waals surface area contributed by atoms with Gasteiger partial charge in [0, 0.05) is 11.3 Å². The van der Waals surface area contributed by atoms with Crippen LogP contribution in [0.4, 0.5) is 0 Å². The molecule has 2 aromatic carbocycles. The molecular weight excluding hydrogens is 368 g/mol. The second kappa shape index (κ2) is 8.07. The lowest BCUT2D eigenvalue weighted by Crippen LogP contribution is -2.36. The number of thioether (sulfide) groups is 1. The molecule has 0 spiro atoms. The van der Waals surface area contributed by atoms with Crippen molar-refractivity contribution in [2.45, 2.75) is 26.3 Å². The molecule has 1 atom stereocenters. The van der Waals surface area contributed by atoms with E-state index in [1.165, 1.54) is 0 Å². The number of ether oxygens (including phenoxy) is 1. The van der Waals surface area contributed by atoms with E-state index in [2.05, 4.69) is 29.4 Å². The molecule has 0 saturated heterocycles. The average Bonchev–Trinajstić information content (AvgIpc) is 3.16. The number of nitrogens with zero attached hydrogens (tertiary/aromatic N) is 2. The topological polar surface area (TPSA) is 41.9 Å². The number of hydrogen-bond donors (Lipinski definition) is 0. The van der Waals surface area contributed by atoms with Crippen molar-refractivity contribution in [2.75, 3.05) is 6.61 Å². The van der Waals surface area contributed by atoms with Gasteiger partial charge in [0.2, 0.25) is 0 Å². The Morgan fingerprint density at radius 1 is 1.07 bits per heavy atom. The molecule has 0 aliphatic carbocycles. The molecule has 2 aliphatic heterocycles. The molecular formula is C23H22N2O2S. The standard InChI is InChI=1S/C23H22N2O2S/c1-3-18-15-28-23-24-20(16-11-7-5-8-12-16)19(22(26)27-4-2)21(25(18)23)17-13-9-6-10-14-17/h5-15,21H,3-4H2,1-2H3/t21-/m0/s1. The molecule has 0 amide bonds. The number of carbonyl (C=O) groups excluding carboxylic acids is 1. The molecule has 5 heteroatoms. The van der Waals surface area contributed by atoms with Crippen molar-refractivity contribution >= 4 is 28.6 Å². The van der Waals surface area contributed by atoms with Crippen LogP contribution in [0.5, 0.6) is 0 Å². The van der Waals surface area contributed by atoms with E-state index < -0.39 is 0 Å². The van der Waals surface area contributed by atoms with Crippen LogP contribution in [0.25, 0.3) is 5.70 Å². The average molecular weight is 391 g/mol. The summed E-state index contributed by atoms with van der Waals surface area (Å²) < 4.78 is 5.48. The number of benzene rings is 2. The van der Waals surface area contributed by atoms with E-state index in [9.17, 15) is 4.79 Å². The zero-order valence-electron chi connectivity index (χ0n) is 16.0. The summed E-state index contributed by atoms with van der Waals surface area (Å²) >= 11 is 1.61. The van der Waals surface area contributed by atoms with Gasteiger partial charge in [-0.15, -0.1) is 0 Å². The van der Waals surface area contributed by atoms with Gasteiger partial charge in [-0.05, 0) is 24.3 Å². The van der Waals surface area contributed by atoms with E-state index in [1.807, 2.05) is 55.5 Å². The van der Waals surface area contributed by atoms with E-state index in [0.717, 1.165) is 28.4 Å². The van der Waals surface area contributed by atoms with Gasteiger partial charge in [0.1, 0.15) is 0 Å². The van der Waals surface area contributed by atoms with Crippen LogP contribution in [0.2, 0.25) is 0 Å². The Bertz CT molecular complexity index is 965. The lowest BCUT2D eigenvalue weighted by Gasteiger charge is -2.36. The first-order chi connectivity index (χ1) is 13.7.